The Morgan fingerprint density at radius 1 is 1.18 bits per heavy atom. The first-order valence-electron chi connectivity index (χ1n) is 10.5. The van der Waals surface area contributed by atoms with Gasteiger partial charge in [0.25, 0.3) is 5.91 Å². The van der Waals surface area contributed by atoms with Crippen LogP contribution in [-0.4, -0.2) is 39.2 Å². The molecule has 34 heavy (non-hydrogen) atoms. The Hall–Kier alpha value is -2.51. The van der Waals surface area contributed by atoms with E-state index in [-0.39, 0.29) is 10.8 Å². The van der Waals surface area contributed by atoms with Crippen LogP contribution >= 0.6 is 22.6 Å². The van der Waals surface area contributed by atoms with Crippen molar-refractivity contribution in [2.24, 2.45) is 11.0 Å². The van der Waals surface area contributed by atoms with Gasteiger partial charge in [-0.25, -0.2) is 13.8 Å². The van der Waals surface area contributed by atoms with Crippen LogP contribution in [0.1, 0.15) is 38.8 Å². The maximum Gasteiger partial charge on any atom is 0.308 e. The zero-order valence-corrected chi connectivity index (χ0v) is 22.6. The first kappa shape index (κ1) is 27.7. The van der Waals surface area contributed by atoms with Gasteiger partial charge in [0.15, 0.2) is 11.5 Å². The molecule has 0 bridgehead atoms. The lowest BCUT2D eigenvalue weighted by Gasteiger charge is -2.20. The Balaban J connectivity index is 2.17. The van der Waals surface area contributed by atoms with Crippen LogP contribution in [0, 0.1) is 16.4 Å². The summed E-state index contributed by atoms with van der Waals surface area (Å²) in [6.07, 6.45) is 1.39. The number of ether oxygens (including phenoxy) is 2. The number of aryl methyl sites for hydroxylation is 1. The second-order valence-electron chi connectivity index (χ2n) is 7.75. The summed E-state index contributed by atoms with van der Waals surface area (Å²) in [6.45, 7) is 8.78. The van der Waals surface area contributed by atoms with Gasteiger partial charge in [-0.05, 0) is 72.2 Å². The molecule has 11 heteroatoms. The molecule has 0 saturated heterocycles. The molecule has 0 saturated carbocycles. The van der Waals surface area contributed by atoms with Gasteiger partial charge in [0.1, 0.15) is 6.04 Å². The Labute approximate surface area is 213 Å². The van der Waals surface area contributed by atoms with E-state index >= 15 is 0 Å². The molecule has 1 atom stereocenters. The fourth-order valence-electron chi connectivity index (χ4n) is 2.85. The first-order chi connectivity index (χ1) is 15.9. The van der Waals surface area contributed by atoms with Gasteiger partial charge in [-0.3, -0.25) is 9.59 Å². The molecule has 0 spiro atoms. The molecule has 2 rings (SSSR count). The topological polar surface area (TPSA) is 123 Å². The summed E-state index contributed by atoms with van der Waals surface area (Å²) in [7, 11) is -3.90. The number of hydrogen-bond acceptors (Lipinski definition) is 7. The monoisotopic (exact) mass is 601 g/mol. The van der Waals surface area contributed by atoms with Crippen LogP contribution < -0.4 is 19.6 Å². The summed E-state index contributed by atoms with van der Waals surface area (Å²) >= 11 is 2.01. The maximum atomic E-state index is 12.7. The summed E-state index contributed by atoms with van der Waals surface area (Å²) in [5.41, 5.74) is 3.90. The molecule has 0 unspecified atom stereocenters. The van der Waals surface area contributed by atoms with E-state index in [2.05, 4.69) is 15.2 Å². The van der Waals surface area contributed by atoms with E-state index in [1.807, 2.05) is 29.5 Å². The van der Waals surface area contributed by atoms with Crippen molar-refractivity contribution in [3.8, 4) is 11.5 Å². The van der Waals surface area contributed by atoms with Gasteiger partial charge >= 0.3 is 5.97 Å². The Morgan fingerprint density at radius 3 is 2.38 bits per heavy atom. The number of hydrazone groups is 1. The van der Waals surface area contributed by atoms with Gasteiger partial charge in [0, 0.05) is 6.92 Å². The van der Waals surface area contributed by atoms with Crippen LogP contribution in [0.2, 0.25) is 0 Å². The first-order valence-corrected chi connectivity index (χ1v) is 13.1. The molecule has 9 nitrogen and oxygen atoms in total. The van der Waals surface area contributed by atoms with E-state index in [0.29, 0.717) is 27.2 Å². The van der Waals surface area contributed by atoms with E-state index in [1.54, 1.807) is 45.0 Å². The van der Waals surface area contributed by atoms with Crippen LogP contribution in [0.3, 0.4) is 0 Å². The number of sulfonamides is 1. The molecular weight excluding hydrogens is 573 g/mol. The lowest BCUT2D eigenvalue weighted by molar-refractivity contribution is -0.132. The molecule has 0 heterocycles. The van der Waals surface area contributed by atoms with E-state index in [1.165, 1.54) is 25.3 Å². The number of rotatable bonds is 10. The van der Waals surface area contributed by atoms with Crippen LogP contribution in [-0.2, 0) is 19.6 Å². The van der Waals surface area contributed by atoms with Crippen LogP contribution in [0.15, 0.2) is 46.4 Å². The predicted molar refractivity (Wildman–Crippen MR) is 138 cm³/mol. The molecule has 2 aromatic carbocycles. The maximum absolute atomic E-state index is 12.7. The lowest BCUT2D eigenvalue weighted by atomic mass is 10.1. The van der Waals surface area contributed by atoms with Crippen molar-refractivity contribution < 1.29 is 27.5 Å². The van der Waals surface area contributed by atoms with Crippen LogP contribution in [0.25, 0.3) is 0 Å². The second kappa shape index (κ2) is 12.3. The number of esters is 1. The standard InChI is InChI=1S/C23H28IN3O6S/c1-6-32-20-12-17(11-19(24)22(20)33-16(5)28)13-25-26-23(29)21(14(2)3)27-34(30,31)18-9-7-15(4)8-10-18/h7-14,21,27H,6H2,1-5H3,(H,26,29)/b25-13-/t21-/m1/s1. The molecule has 0 fully saturated rings. The van der Waals surface area contributed by atoms with E-state index < -0.39 is 27.9 Å². The average Bonchev–Trinajstić information content (AvgIpc) is 2.74. The highest BCUT2D eigenvalue weighted by atomic mass is 127. The Bertz CT molecular complexity index is 1160. The summed E-state index contributed by atoms with van der Waals surface area (Å²) in [5.74, 6) is -0.729. The summed E-state index contributed by atoms with van der Waals surface area (Å²) in [6, 6.07) is 8.65. The fourth-order valence-corrected chi connectivity index (χ4v) is 4.93. The molecule has 1 amide bonds. The highest BCUT2D eigenvalue weighted by molar-refractivity contribution is 14.1. The van der Waals surface area contributed by atoms with E-state index in [0.717, 1.165) is 5.56 Å². The van der Waals surface area contributed by atoms with Crippen molar-refractivity contribution in [3.63, 3.8) is 0 Å². The molecule has 2 N–H and O–H groups in total. The highest BCUT2D eigenvalue weighted by Crippen LogP contribution is 2.34. The molecule has 0 aliphatic rings. The van der Waals surface area contributed by atoms with Gasteiger partial charge in [0.2, 0.25) is 10.0 Å². The van der Waals surface area contributed by atoms with Gasteiger partial charge in [-0.2, -0.15) is 9.82 Å². The van der Waals surface area contributed by atoms with Crippen molar-refractivity contribution in [3.05, 3.63) is 51.1 Å². The van der Waals surface area contributed by atoms with Gasteiger partial charge < -0.3 is 9.47 Å². The zero-order chi connectivity index (χ0) is 25.5. The quantitative estimate of drug-likeness (QED) is 0.142. The largest absolute Gasteiger partial charge is 0.490 e. The number of halogens is 1. The summed E-state index contributed by atoms with van der Waals surface area (Å²) in [5, 5.41) is 3.97. The van der Waals surface area contributed by atoms with Crippen molar-refractivity contribution in [1.29, 1.82) is 0 Å². The number of hydrogen-bond donors (Lipinski definition) is 2. The van der Waals surface area contributed by atoms with Gasteiger partial charge in [-0.1, -0.05) is 31.5 Å². The van der Waals surface area contributed by atoms with Crippen molar-refractivity contribution in [1.82, 2.24) is 10.1 Å². The number of carbonyl (C=O) groups is 2. The summed E-state index contributed by atoms with van der Waals surface area (Å²) in [4.78, 5) is 24.2. The molecule has 0 radical (unpaired) electrons. The minimum Gasteiger partial charge on any atom is -0.490 e. The van der Waals surface area contributed by atoms with E-state index in [9.17, 15) is 18.0 Å². The highest BCUT2D eigenvalue weighted by Gasteiger charge is 2.28. The third kappa shape index (κ3) is 7.77. The molecular formula is C23H28IN3O6S. The SMILES string of the molecule is CCOc1cc(/C=N\NC(=O)[C@H](NS(=O)(=O)c2ccc(C)cc2)C(C)C)cc(I)c1OC(C)=O. The second-order valence-corrected chi connectivity index (χ2v) is 10.6. The third-order valence-corrected chi connectivity index (χ3v) is 6.79. The Kier molecular flexibility index (Phi) is 10.0. The van der Waals surface area contributed by atoms with Gasteiger partial charge in [0.05, 0.1) is 21.3 Å². The number of carbonyl (C=O) groups excluding carboxylic acids is 2. The molecule has 0 aromatic heterocycles. The Morgan fingerprint density at radius 2 is 1.82 bits per heavy atom. The van der Waals surface area contributed by atoms with Crippen molar-refractivity contribution >= 4 is 50.7 Å². The van der Waals surface area contributed by atoms with Crippen LogP contribution in [0.4, 0.5) is 0 Å². The number of amides is 1. The predicted octanol–water partition coefficient (Wildman–Crippen LogP) is 3.38. The van der Waals surface area contributed by atoms with Crippen LogP contribution in [0.5, 0.6) is 11.5 Å². The van der Waals surface area contributed by atoms with Crippen molar-refractivity contribution in [2.45, 2.75) is 45.6 Å². The number of nitrogens with zero attached hydrogens (tertiary/aromatic N) is 1. The smallest absolute Gasteiger partial charge is 0.308 e. The molecule has 0 aliphatic heterocycles. The number of benzene rings is 2. The lowest BCUT2D eigenvalue weighted by Crippen LogP contribution is -2.48. The minimum absolute atomic E-state index is 0.0750. The molecule has 2 aromatic rings. The normalized spacial score (nSPS) is 12.6. The fraction of sp³-hybridized carbons (Fsp3) is 0.348. The van der Waals surface area contributed by atoms with Gasteiger partial charge in [-0.15, -0.1) is 0 Å². The number of nitrogens with one attached hydrogen (secondary N) is 2. The third-order valence-electron chi connectivity index (χ3n) is 4.53. The minimum atomic E-state index is -3.90. The van der Waals surface area contributed by atoms with E-state index in [4.69, 9.17) is 9.47 Å². The molecule has 0 aliphatic carbocycles. The zero-order valence-electron chi connectivity index (χ0n) is 19.6. The summed E-state index contributed by atoms with van der Waals surface area (Å²) < 4.78 is 39.3. The average molecular weight is 601 g/mol. The molecule has 184 valence electrons. The van der Waals surface area contributed by atoms with Crippen molar-refractivity contribution in [2.75, 3.05) is 6.61 Å².